The molecule has 9 nitrogen and oxygen atoms in total. The van der Waals surface area contributed by atoms with E-state index >= 15 is 0 Å². The molecule has 2 aromatic carbocycles. The maximum absolute atomic E-state index is 12.8. The molecule has 1 aromatic heterocycles. The van der Waals surface area contributed by atoms with Crippen LogP contribution in [0.3, 0.4) is 0 Å². The Balaban J connectivity index is 1.74. The molecule has 0 saturated carbocycles. The Morgan fingerprint density at radius 1 is 1.09 bits per heavy atom. The molecule has 1 saturated heterocycles. The third kappa shape index (κ3) is 4.13. The molecule has 0 radical (unpaired) electrons. The number of ether oxygens (including phenoxy) is 2. The lowest BCUT2D eigenvalue weighted by Gasteiger charge is -2.18. The summed E-state index contributed by atoms with van der Waals surface area (Å²) in [4.78, 5) is 26.0. The summed E-state index contributed by atoms with van der Waals surface area (Å²) in [5.41, 5.74) is 1.57. The van der Waals surface area contributed by atoms with Crippen LogP contribution < -0.4 is 14.8 Å². The molecule has 2 heterocycles. The summed E-state index contributed by atoms with van der Waals surface area (Å²) in [5.74, 6) is 1.68. The third-order valence-electron chi connectivity index (χ3n) is 5.06. The molecule has 0 aliphatic carbocycles. The molecule has 166 valence electrons. The summed E-state index contributed by atoms with van der Waals surface area (Å²) in [6.07, 6.45) is 0. The maximum Gasteiger partial charge on any atom is 0.324 e. The molecule has 10 heteroatoms. The highest BCUT2D eigenvalue weighted by Gasteiger charge is 2.31. The van der Waals surface area contributed by atoms with E-state index in [1.165, 1.54) is 16.7 Å². The highest BCUT2D eigenvalue weighted by atomic mass is 32.2. The largest absolute Gasteiger partial charge is 0.497 e. The standard InChI is InChI=1S/C22H23N5O4S/c1-14(20(28)26-13-12-23-21(26)29)32-22-25-24-19(17-6-4-5-7-18(17)31-3)27(22)15-8-10-16(30-2)11-9-15/h4-11,14H,12-13H2,1-3H3,(H,23,29). The molecule has 32 heavy (non-hydrogen) atoms. The van der Waals surface area contributed by atoms with Crippen molar-refractivity contribution < 1.29 is 19.1 Å². The van der Waals surface area contributed by atoms with Crippen LogP contribution >= 0.6 is 11.8 Å². The summed E-state index contributed by atoms with van der Waals surface area (Å²) in [6, 6.07) is 14.7. The molecular formula is C22H23N5O4S. The first-order valence-corrected chi connectivity index (χ1v) is 10.9. The Hall–Kier alpha value is -3.53. The van der Waals surface area contributed by atoms with Gasteiger partial charge in [-0.2, -0.15) is 0 Å². The monoisotopic (exact) mass is 453 g/mol. The number of aromatic nitrogens is 3. The second-order valence-electron chi connectivity index (χ2n) is 7.02. The number of hydrogen-bond acceptors (Lipinski definition) is 7. The SMILES string of the molecule is COc1ccc(-n2c(SC(C)C(=O)N3CCNC3=O)nnc2-c2ccccc2OC)cc1. The van der Waals surface area contributed by atoms with Gasteiger partial charge in [-0.15, -0.1) is 10.2 Å². The van der Waals surface area contributed by atoms with E-state index in [0.29, 0.717) is 29.8 Å². The van der Waals surface area contributed by atoms with Crippen LogP contribution in [0.2, 0.25) is 0 Å². The van der Waals surface area contributed by atoms with Crippen LogP contribution in [0.5, 0.6) is 11.5 Å². The fourth-order valence-corrected chi connectivity index (χ4v) is 4.35. The van der Waals surface area contributed by atoms with Gasteiger partial charge in [0.1, 0.15) is 11.5 Å². The van der Waals surface area contributed by atoms with Crippen molar-refractivity contribution in [2.24, 2.45) is 0 Å². The van der Waals surface area contributed by atoms with Crippen LogP contribution in [0.4, 0.5) is 4.79 Å². The highest BCUT2D eigenvalue weighted by molar-refractivity contribution is 8.00. The topological polar surface area (TPSA) is 98.6 Å². The van der Waals surface area contributed by atoms with Crippen molar-refractivity contribution >= 4 is 23.7 Å². The lowest BCUT2D eigenvalue weighted by Crippen LogP contribution is -2.39. The van der Waals surface area contributed by atoms with E-state index in [1.54, 1.807) is 21.1 Å². The smallest absolute Gasteiger partial charge is 0.324 e. The molecule has 3 amide bonds. The quantitative estimate of drug-likeness (QED) is 0.549. The first-order valence-electron chi connectivity index (χ1n) is 10.0. The third-order valence-corrected chi connectivity index (χ3v) is 6.09. The van der Waals surface area contributed by atoms with Gasteiger partial charge in [0.15, 0.2) is 11.0 Å². The number of amides is 3. The van der Waals surface area contributed by atoms with Gasteiger partial charge in [-0.3, -0.25) is 14.3 Å². The number of para-hydroxylation sites is 1. The molecular weight excluding hydrogens is 430 g/mol. The van der Waals surface area contributed by atoms with Gasteiger partial charge >= 0.3 is 6.03 Å². The van der Waals surface area contributed by atoms with Gasteiger partial charge in [-0.1, -0.05) is 23.9 Å². The molecule has 1 unspecified atom stereocenters. The predicted octanol–water partition coefficient (Wildman–Crippen LogP) is 2.98. The minimum absolute atomic E-state index is 0.270. The second kappa shape index (κ2) is 9.31. The van der Waals surface area contributed by atoms with E-state index in [-0.39, 0.29) is 11.9 Å². The van der Waals surface area contributed by atoms with Crippen molar-refractivity contribution in [2.75, 3.05) is 27.3 Å². The van der Waals surface area contributed by atoms with Gasteiger partial charge in [0.2, 0.25) is 5.91 Å². The Kier molecular flexibility index (Phi) is 6.31. The van der Waals surface area contributed by atoms with Gasteiger partial charge in [0, 0.05) is 13.1 Å². The van der Waals surface area contributed by atoms with Crippen LogP contribution in [-0.4, -0.2) is 64.2 Å². The van der Waals surface area contributed by atoms with Crippen LogP contribution in [0.1, 0.15) is 6.92 Å². The first kappa shape index (κ1) is 21.7. The number of methoxy groups -OCH3 is 2. The lowest BCUT2D eigenvalue weighted by molar-refractivity contribution is -0.126. The maximum atomic E-state index is 12.8. The Bertz CT molecular complexity index is 1130. The van der Waals surface area contributed by atoms with E-state index in [9.17, 15) is 9.59 Å². The number of nitrogens with zero attached hydrogens (tertiary/aromatic N) is 4. The zero-order valence-corrected chi connectivity index (χ0v) is 18.8. The van der Waals surface area contributed by atoms with Crippen LogP contribution in [0.15, 0.2) is 53.7 Å². The van der Waals surface area contributed by atoms with Crippen LogP contribution in [-0.2, 0) is 4.79 Å². The van der Waals surface area contributed by atoms with Crippen LogP contribution in [0.25, 0.3) is 17.1 Å². The van der Waals surface area contributed by atoms with Gasteiger partial charge < -0.3 is 14.8 Å². The fraction of sp³-hybridized carbons (Fsp3) is 0.273. The van der Waals surface area contributed by atoms with Crippen molar-refractivity contribution in [3.8, 4) is 28.6 Å². The Morgan fingerprint density at radius 3 is 2.50 bits per heavy atom. The molecule has 0 spiro atoms. The number of carbonyl (C=O) groups excluding carboxylic acids is 2. The number of benzene rings is 2. The number of rotatable bonds is 7. The van der Waals surface area contributed by atoms with E-state index in [4.69, 9.17) is 9.47 Å². The summed E-state index contributed by atoms with van der Waals surface area (Å²) < 4.78 is 12.7. The van der Waals surface area contributed by atoms with E-state index in [2.05, 4.69) is 15.5 Å². The number of thioether (sulfide) groups is 1. The molecule has 1 fully saturated rings. The summed E-state index contributed by atoms with van der Waals surface area (Å²) >= 11 is 1.25. The minimum atomic E-state index is -0.537. The Morgan fingerprint density at radius 2 is 1.84 bits per heavy atom. The fourth-order valence-electron chi connectivity index (χ4n) is 3.42. The molecule has 1 N–H and O–H groups in total. The number of imide groups is 1. The van der Waals surface area contributed by atoms with Gasteiger partial charge in [-0.05, 0) is 43.3 Å². The zero-order chi connectivity index (χ0) is 22.7. The normalized spacial score (nSPS) is 14.2. The number of urea groups is 1. The van der Waals surface area contributed by atoms with Gasteiger partial charge in [0.05, 0.1) is 30.7 Å². The summed E-state index contributed by atoms with van der Waals surface area (Å²) in [5, 5.41) is 11.4. The molecule has 1 aliphatic rings. The van der Waals surface area contributed by atoms with Crippen molar-refractivity contribution in [2.45, 2.75) is 17.3 Å². The zero-order valence-electron chi connectivity index (χ0n) is 17.9. The molecule has 1 atom stereocenters. The predicted molar refractivity (Wildman–Crippen MR) is 120 cm³/mol. The van der Waals surface area contributed by atoms with Crippen molar-refractivity contribution in [3.05, 3.63) is 48.5 Å². The molecule has 0 bridgehead atoms. The van der Waals surface area contributed by atoms with Crippen LogP contribution in [0, 0.1) is 0 Å². The minimum Gasteiger partial charge on any atom is -0.497 e. The number of carbonyl (C=O) groups is 2. The van der Waals surface area contributed by atoms with Crippen molar-refractivity contribution in [3.63, 3.8) is 0 Å². The first-order chi connectivity index (χ1) is 15.5. The average molecular weight is 454 g/mol. The Labute approximate surface area is 189 Å². The molecule has 1 aliphatic heterocycles. The number of nitrogens with one attached hydrogen (secondary N) is 1. The summed E-state index contributed by atoms with van der Waals surface area (Å²) in [7, 11) is 3.21. The summed E-state index contributed by atoms with van der Waals surface area (Å²) in [6.45, 7) is 2.58. The van der Waals surface area contributed by atoms with Crippen molar-refractivity contribution in [1.29, 1.82) is 0 Å². The molecule has 3 aromatic rings. The average Bonchev–Trinajstić information content (AvgIpc) is 3.44. The van der Waals surface area contributed by atoms with E-state index in [0.717, 1.165) is 17.0 Å². The highest BCUT2D eigenvalue weighted by Crippen LogP contribution is 2.35. The molecule has 4 rings (SSSR count). The van der Waals surface area contributed by atoms with Gasteiger partial charge in [0.25, 0.3) is 0 Å². The van der Waals surface area contributed by atoms with E-state index in [1.807, 2.05) is 53.1 Å². The van der Waals surface area contributed by atoms with E-state index < -0.39 is 5.25 Å². The number of hydrogen-bond donors (Lipinski definition) is 1. The van der Waals surface area contributed by atoms with Crippen molar-refractivity contribution in [1.82, 2.24) is 25.0 Å². The second-order valence-corrected chi connectivity index (χ2v) is 8.33. The van der Waals surface area contributed by atoms with Gasteiger partial charge in [-0.25, -0.2) is 4.79 Å². The lowest BCUT2D eigenvalue weighted by atomic mass is 10.2.